The Bertz CT molecular complexity index is 1160. The molecule has 3 aromatic rings. The van der Waals surface area contributed by atoms with Crippen molar-refractivity contribution in [3.8, 4) is 5.75 Å². The van der Waals surface area contributed by atoms with Gasteiger partial charge >= 0.3 is 0 Å². The van der Waals surface area contributed by atoms with Gasteiger partial charge in [-0.25, -0.2) is 8.42 Å². The number of aromatic nitrogens is 1. The minimum atomic E-state index is -3.54. The van der Waals surface area contributed by atoms with E-state index in [0.717, 1.165) is 17.5 Å². The summed E-state index contributed by atoms with van der Waals surface area (Å²) in [5.41, 5.74) is 3.33. The summed E-state index contributed by atoms with van der Waals surface area (Å²) in [6.07, 6.45) is 3.33. The molecule has 160 valence electrons. The minimum absolute atomic E-state index is 0.0609. The quantitative estimate of drug-likeness (QED) is 0.640. The lowest BCUT2D eigenvalue weighted by molar-refractivity contribution is -0.122. The third-order valence-electron chi connectivity index (χ3n) is 5.11. The molecule has 0 aliphatic carbocycles. The molecule has 1 aliphatic rings. The Morgan fingerprint density at radius 3 is 2.45 bits per heavy atom. The smallest absolute Gasteiger partial charge is 0.267 e. The van der Waals surface area contributed by atoms with E-state index in [1.807, 2.05) is 36.4 Å². The van der Waals surface area contributed by atoms with E-state index in [4.69, 9.17) is 4.74 Å². The van der Waals surface area contributed by atoms with Crippen LogP contribution in [-0.4, -0.2) is 37.7 Å². The Balaban J connectivity index is 1.47. The molecule has 0 fully saturated rings. The van der Waals surface area contributed by atoms with E-state index in [-0.39, 0.29) is 12.3 Å². The van der Waals surface area contributed by atoms with Gasteiger partial charge < -0.3 is 10.1 Å². The second-order valence-corrected chi connectivity index (χ2v) is 9.41. The SMILES string of the molecule is CCS(=O)(=O)N1CC(C(=O)Nc2ccc(Cc3ccncc3)cc2)Oc2ccccc21. The number of rotatable bonds is 6. The molecule has 0 bridgehead atoms. The standard InChI is InChI=1S/C23H23N3O4S/c1-2-31(28,29)26-16-22(30-21-6-4-3-5-20(21)26)23(27)25-19-9-7-17(8-10-19)15-18-11-13-24-14-12-18/h3-14,22H,2,15-16H2,1H3,(H,25,27). The van der Waals surface area contributed by atoms with Gasteiger partial charge in [-0.15, -0.1) is 0 Å². The normalized spacial score (nSPS) is 15.6. The third kappa shape index (κ3) is 4.69. The summed E-state index contributed by atoms with van der Waals surface area (Å²) >= 11 is 0. The fraction of sp³-hybridized carbons (Fsp3) is 0.217. The third-order valence-corrected chi connectivity index (χ3v) is 6.85. The van der Waals surface area contributed by atoms with Gasteiger partial charge in [-0.1, -0.05) is 24.3 Å². The van der Waals surface area contributed by atoms with Gasteiger partial charge in [0.15, 0.2) is 6.10 Å². The average Bonchev–Trinajstić information content (AvgIpc) is 2.80. The van der Waals surface area contributed by atoms with Crippen LogP contribution in [0.1, 0.15) is 18.1 Å². The lowest BCUT2D eigenvalue weighted by atomic mass is 10.1. The van der Waals surface area contributed by atoms with Gasteiger partial charge in [0, 0.05) is 18.1 Å². The lowest BCUT2D eigenvalue weighted by Crippen LogP contribution is -2.49. The molecule has 0 saturated carbocycles. The zero-order chi connectivity index (χ0) is 21.8. The van der Waals surface area contributed by atoms with Crippen LogP contribution >= 0.6 is 0 Å². The van der Waals surface area contributed by atoms with Crippen molar-refractivity contribution in [1.82, 2.24) is 4.98 Å². The molecule has 1 amide bonds. The lowest BCUT2D eigenvalue weighted by Gasteiger charge is -2.34. The number of carbonyl (C=O) groups is 1. The number of pyridine rings is 1. The number of para-hydroxylation sites is 2. The highest BCUT2D eigenvalue weighted by Crippen LogP contribution is 2.35. The molecule has 0 spiro atoms. The molecule has 1 N–H and O–H groups in total. The predicted molar refractivity (Wildman–Crippen MR) is 120 cm³/mol. The summed E-state index contributed by atoms with van der Waals surface area (Å²) in [7, 11) is -3.54. The second-order valence-electron chi connectivity index (χ2n) is 7.22. The first-order valence-corrected chi connectivity index (χ1v) is 11.6. The number of ether oxygens (including phenoxy) is 1. The summed E-state index contributed by atoms with van der Waals surface area (Å²) in [5.74, 6) is -0.0828. The Kier molecular flexibility index (Phi) is 5.90. The van der Waals surface area contributed by atoms with E-state index in [0.29, 0.717) is 17.1 Å². The van der Waals surface area contributed by atoms with Crippen molar-refractivity contribution >= 4 is 27.3 Å². The Labute approximate surface area is 181 Å². The van der Waals surface area contributed by atoms with E-state index in [9.17, 15) is 13.2 Å². The van der Waals surface area contributed by atoms with Crippen molar-refractivity contribution in [2.45, 2.75) is 19.4 Å². The summed E-state index contributed by atoms with van der Waals surface area (Å²) in [6.45, 7) is 1.51. The van der Waals surface area contributed by atoms with Crippen molar-refractivity contribution in [2.24, 2.45) is 0 Å². The molecule has 1 unspecified atom stereocenters. The zero-order valence-electron chi connectivity index (χ0n) is 17.1. The van der Waals surface area contributed by atoms with Gasteiger partial charge in [-0.05, 0) is 60.9 Å². The molecule has 1 aromatic heterocycles. The molecule has 0 radical (unpaired) electrons. The molecule has 2 aromatic carbocycles. The first-order valence-electron chi connectivity index (χ1n) is 10.0. The molecule has 7 nitrogen and oxygen atoms in total. The highest BCUT2D eigenvalue weighted by Gasteiger charge is 2.35. The van der Waals surface area contributed by atoms with Crippen molar-refractivity contribution in [2.75, 3.05) is 21.9 Å². The van der Waals surface area contributed by atoms with Crippen LogP contribution in [0.25, 0.3) is 0 Å². The van der Waals surface area contributed by atoms with Crippen molar-refractivity contribution in [3.05, 3.63) is 84.2 Å². The van der Waals surface area contributed by atoms with Crippen LogP contribution in [0.5, 0.6) is 5.75 Å². The van der Waals surface area contributed by atoms with E-state index >= 15 is 0 Å². The van der Waals surface area contributed by atoms with Gasteiger partial charge in [-0.2, -0.15) is 0 Å². The van der Waals surface area contributed by atoms with Crippen molar-refractivity contribution in [3.63, 3.8) is 0 Å². The molecule has 0 saturated heterocycles. The largest absolute Gasteiger partial charge is 0.476 e. The average molecular weight is 438 g/mol. The summed E-state index contributed by atoms with van der Waals surface area (Å²) in [4.78, 5) is 16.9. The predicted octanol–water partition coefficient (Wildman–Crippen LogP) is 3.23. The van der Waals surface area contributed by atoms with Gasteiger partial charge in [-0.3, -0.25) is 14.1 Å². The fourth-order valence-corrected chi connectivity index (χ4v) is 4.55. The maximum atomic E-state index is 12.8. The topological polar surface area (TPSA) is 88.6 Å². The first kappa shape index (κ1) is 20.9. The molecule has 31 heavy (non-hydrogen) atoms. The van der Waals surface area contributed by atoms with Crippen LogP contribution in [0.15, 0.2) is 73.1 Å². The van der Waals surface area contributed by atoms with Crippen LogP contribution in [-0.2, 0) is 21.2 Å². The number of nitrogens with one attached hydrogen (secondary N) is 1. The Morgan fingerprint density at radius 1 is 1.06 bits per heavy atom. The number of hydrogen-bond donors (Lipinski definition) is 1. The van der Waals surface area contributed by atoms with Crippen LogP contribution in [0.3, 0.4) is 0 Å². The minimum Gasteiger partial charge on any atom is -0.476 e. The Morgan fingerprint density at radius 2 is 1.74 bits per heavy atom. The van der Waals surface area contributed by atoms with E-state index < -0.39 is 22.0 Å². The molecule has 4 rings (SSSR count). The molecule has 2 heterocycles. The van der Waals surface area contributed by atoms with Gasteiger partial charge in [0.25, 0.3) is 5.91 Å². The summed E-state index contributed by atoms with van der Waals surface area (Å²) in [5, 5.41) is 2.83. The number of nitrogens with zero attached hydrogens (tertiary/aromatic N) is 2. The highest BCUT2D eigenvalue weighted by molar-refractivity contribution is 7.92. The number of anilines is 2. The number of fused-ring (bicyclic) bond motifs is 1. The fourth-order valence-electron chi connectivity index (χ4n) is 3.42. The van der Waals surface area contributed by atoms with Gasteiger partial charge in [0.2, 0.25) is 10.0 Å². The van der Waals surface area contributed by atoms with Crippen LogP contribution in [0.4, 0.5) is 11.4 Å². The zero-order valence-corrected chi connectivity index (χ0v) is 17.9. The van der Waals surface area contributed by atoms with E-state index in [1.54, 1.807) is 43.6 Å². The first-order chi connectivity index (χ1) is 15.0. The maximum absolute atomic E-state index is 12.8. The number of amides is 1. The summed E-state index contributed by atoms with van der Waals surface area (Å²) < 4.78 is 32.2. The second kappa shape index (κ2) is 8.77. The molecular weight excluding hydrogens is 414 g/mol. The van der Waals surface area contributed by atoms with Gasteiger partial charge in [0.1, 0.15) is 5.75 Å². The van der Waals surface area contributed by atoms with Crippen LogP contribution in [0.2, 0.25) is 0 Å². The Hall–Kier alpha value is -3.39. The molecule has 1 aliphatic heterocycles. The van der Waals surface area contributed by atoms with Crippen LogP contribution < -0.4 is 14.4 Å². The number of hydrogen-bond acceptors (Lipinski definition) is 5. The highest BCUT2D eigenvalue weighted by atomic mass is 32.2. The maximum Gasteiger partial charge on any atom is 0.267 e. The van der Waals surface area contributed by atoms with Gasteiger partial charge in [0.05, 0.1) is 18.0 Å². The number of carbonyl (C=O) groups excluding carboxylic acids is 1. The molecule has 8 heteroatoms. The van der Waals surface area contributed by atoms with Crippen molar-refractivity contribution in [1.29, 1.82) is 0 Å². The monoisotopic (exact) mass is 437 g/mol. The van der Waals surface area contributed by atoms with E-state index in [2.05, 4.69) is 10.3 Å². The van der Waals surface area contributed by atoms with Crippen LogP contribution in [0, 0.1) is 0 Å². The van der Waals surface area contributed by atoms with E-state index in [1.165, 1.54) is 4.31 Å². The molecular formula is C23H23N3O4S. The summed E-state index contributed by atoms with van der Waals surface area (Å²) in [6, 6.07) is 18.3. The number of sulfonamides is 1. The molecule has 1 atom stereocenters. The number of benzene rings is 2. The van der Waals surface area contributed by atoms with Crippen molar-refractivity contribution < 1.29 is 17.9 Å².